The molecule has 21 heavy (non-hydrogen) atoms. The van der Waals surface area contributed by atoms with Gasteiger partial charge in [0, 0.05) is 13.1 Å². The normalized spacial score (nSPS) is 27.8. The molecule has 0 aliphatic carbocycles. The second-order valence-corrected chi connectivity index (χ2v) is 5.45. The van der Waals surface area contributed by atoms with Crippen molar-refractivity contribution < 1.29 is 14.0 Å². The molecule has 2 aromatic rings. The van der Waals surface area contributed by atoms with Gasteiger partial charge >= 0.3 is 0 Å². The molecule has 0 radical (unpaired) electrons. The van der Waals surface area contributed by atoms with Crippen molar-refractivity contribution in [2.24, 2.45) is 0 Å². The van der Waals surface area contributed by atoms with Gasteiger partial charge < -0.3 is 19.3 Å². The first-order chi connectivity index (χ1) is 10.3. The molecule has 3 atom stereocenters. The Morgan fingerprint density at radius 1 is 1.29 bits per heavy atom. The maximum Gasteiger partial charge on any atom is 0.232 e. The van der Waals surface area contributed by atoms with Gasteiger partial charge in [-0.05, 0) is 18.6 Å². The number of morpholine rings is 1. The van der Waals surface area contributed by atoms with Crippen molar-refractivity contribution in [2.75, 3.05) is 20.2 Å². The first-order valence-corrected chi connectivity index (χ1v) is 7.18. The number of benzene rings is 1. The molecule has 0 saturated carbocycles. The highest BCUT2D eigenvalue weighted by Gasteiger charge is 2.41. The second-order valence-electron chi connectivity index (χ2n) is 5.45. The highest BCUT2D eigenvalue weighted by atomic mass is 16.5. The van der Waals surface area contributed by atoms with Crippen molar-refractivity contribution >= 4 is 0 Å². The lowest BCUT2D eigenvalue weighted by Gasteiger charge is -2.21. The summed E-state index contributed by atoms with van der Waals surface area (Å²) in [4.78, 5) is 4.57. The van der Waals surface area contributed by atoms with E-state index in [4.69, 9.17) is 14.0 Å². The van der Waals surface area contributed by atoms with E-state index in [1.54, 1.807) is 7.11 Å². The van der Waals surface area contributed by atoms with Crippen LogP contribution in [0.2, 0.25) is 0 Å². The molecule has 0 amide bonds. The molecule has 3 heterocycles. The number of nitrogens with zero attached hydrogens (tertiary/aromatic N) is 2. The highest BCUT2D eigenvalue weighted by Crippen LogP contribution is 2.37. The van der Waals surface area contributed by atoms with Crippen LogP contribution in [0.1, 0.15) is 18.2 Å². The van der Waals surface area contributed by atoms with Gasteiger partial charge in [-0.1, -0.05) is 17.3 Å². The van der Waals surface area contributed by atoms with Crippen LogP contribution in [-0.2, 0) is 4.74 Å². The van der Waals surface area contributed by atoms with Crippen LogP contribution >= 0.6 is 0 Å². The van der Waals surface area contributed by atoms with Gasteiger partial charge in [0.25, 0.3) is 0 Å². The van der Waals surface area contributed by atoms with E-state index < -0.39 is 0 Å². The average molecular weight is 287 g/mol. The van der Waals surface area contributed by atoms with Gasteiger partial charge in [-0.2, -0.15) is 4.98 Å². The van der Waals surface area contributed by atoms with E-state index in [0.29, 0.717) is 11.7 Å². The maximum atomic E-state index is 5.91. The van der Waals surface area contributed by atoms with Crippen LogP contribution in [0.25, 0.3) is 11.4 Å². The van der Waals surface area contributed by atoms with Crippen molar-refractivity contribution in [3.63, 3.8) is 0 Å². The third kappa shape index (κ3) is 2.20. The molecule has 6 heteroatoms. The van der Waals surface area contributed by atoms with Crippen LogP contribution in [0, 0.1) is 0 Å². The fraction of sp³-hybridized carbons (Fsp3) is 0.467. The lowest BCUT2D eigenvalue weighted by molar-refractivity contribution is 0.0128. The Bertz CT molecular complexity index is 643. The summed E-state index contributed by atoms with van der Waals surface area (Å²) in [6.45, 7) is 1.74. The van der Waals surface area contributed by atoms with E-state index in [9.17, 15) is 0 Å². The van der Waals surface area contributed by atoms with Crippen LogP contribution in [-0.4, -0.2) is 42.5 Å². The maximum absolute atomic E-state index is 5.91. The van der Waals surface area contributed by atoms with Crippen molar-refractivity contribution in [1.82, 2.24) is 15.5 Å². The molecule has 2 saturated heterocycles. The van der Waals surface area contributed by atoms with Crippen LogP contribution in [0.4, 0.5) is 0 Å². The summed E-state index contributed by atoms with van der Waals surface area (Å²) in [6, 6.07) is 7.67. The Labute approximate surface area is 122 Å². The van der Waals surface area contributed by atoms with Crippen LogP contribution < -0.4 is 10.1 Å². The number of hydrogen-bond acceptors (Lipinski definition) is 6. The number of aromatic nitrogens is 2. The van der Waals surface area contributed by atoms with Crippen molar-refractivity contribution in [3.8, 4) is 17.1 Å². The zero-order valence-electron chi connectivity index (χ0n) is 11.8. The Morgan fingerprint density at radius 3 is 3.05 bits per heavy atom. The van der Waals surface area contributed by atoms with E-state index in [-0.39, 0.29) is 18.1 Å². The molecule has 4 rings (SSSR count). The van der Waals surface area contributed by atoms with Gasteiger partial charge in [-0.15, -0.1) is 0 Å². The third-order valence-corrected chi connectivity index (χ3v) is 4.16. The summed E-state index contributed by atoms with van der Waals surface area (Å²) in [7, 11) is 1.64. The van der Waals surface area contributed by atoms with Gasteiger partial charge in [0.05, 0.1) is 30.8 Å². The zero-order chi connectivity index (χ0) is 14.2. The monoisotopic (exact) mass is 287 g/mol. The number of fused-ring (bicyclic) bond motifs is 2. The molecular formula is C15H17N3O3. The van der Waals surface area contributed by atoms with Gasteiger partial charge in [-0.25, -0.2) is 0 Å². The number of para-hydroxylation sites is 1. The molecular weight excluding hydrogens is 270 g/mol. The van der Waals surface area contributed by atoms with Gasteiger partial charge in [0.15, 0.2) is 0 Å². The molecule has 1 aromatic carbocycles. The van der Waals surface area contributed by atoms with Crippen molar-refractivity contribution in [1.29, 1.82) is 0 Å². The first kappa shape index (κ1) is 12.8. The summed E-state index contributed by atoms with van der Waals surface area (Å²) in [6.07, 6.45) is 1.33. The van der Waals surface area contributed by atoms with E-state index in [1.807, 2.05) is 24.3 Å². The molecule has 0 spiro atoms. The molecule has 2 aliphatic heterocycles. The summed E-state index contributed by atoms with van der Waals surface area (Å²) in [5.74, 6) is 2.15. The van der Waals surface area contributed by atoms with Gasteiger partial charge in [0.1, 0.15) is 5.75 Å². The molecule has 1 N–H and O–H groups in total. The topological polar surface area (TPSA) is 69.4 Å². The van der Waals surface area contributed by atoms with E-state index >= 15 is 0 Å². The third-order valence-electron chi connectivity index (χ3n) is 4.16. The van der Waals surface area contributed by atoms with Crippen molar-refractivity contribution in [2.45, 2.75) is 24.5 Å². The molecule has 1 aromatic heterocycles. The number of rotatable bonds is 3. The first-order valence-electron chi connectivity index (χ1n) is 7.18. The minimum absolute atomic E-state index is 0.134. The summed E-state index contributed by atoms with van der Waals surface area (Å²) >= 11 is 0. The molecule has 6 nitrogen and oxygen atoms in total. The Morgan fingerprint density at radius 2 is 2.19 bits per heavy atom. The minimum Gasteiger partial charge on any atom is -0.496 e. The lowest BCUT2D eigenvalue weighted by Crippen LogP contribution is -2.39. The SMILES string of the molecule is COc1ccccc1-c1noc(C2CC3CNCC2O3)n1. The summed E-state index contributed by atoms with van der Waals surface area (Å²) < 4.78 is 16.7. The number of ether oxygens (including phenoxy) is 2. The largest absolute Gasteiger partial charge is 0.496 e. The minimum atomic E-state index is 0.134. The summed E-state index contributed by atoms with van der Waals surface area (Å²) in [5, 5.41) is 7.48. The summed E-state index contributed by atoms with van der Waals surface area (Å²) in [5.41, 5.74) is 0.843. The van der Waals surface area contributed by atoms with Crippen LogP contribution in [0.3, 0.4) is 0 Å². The molecule has 110 valence electrons. The number of hydrogen-bond donors (Lipinski definition) is 1. The number of methoxy groups -OCH3 is 1. The molecule has 3 unspecified atom stereocenters. The second kappa shape index (κ2) is 5.13. The Kier molecular flexibility index (Phi) is 3.12. The number of nitrogens with one attached hydrogen (secondary N) is 1. The van der Waals surface area contributed by atoms with Gasteiger partial charge in [0.2, 0.25) is 11.7 Å². The zero-order valence-corrected chi connectivity index (χ0v) is 11.8. The van der Waals surface area contributed by atoms with Gasteiger partial charge in [-0.3, -0.25) is 0 Å². The smallest absolute Gasteiger partial charge is 0.232 e. The standard InChI is InChI=1S/C15H17N3O3/c1-19-12-5-3-2-4-10(12)14-17-15(21-18-14)11-6-9-7-16-8-13(11)20-9/h2-5,9,11,13,16H,6-8H2,1H3. The van der Waals surface area contributed by atoms with E-state index in [1.165, 1.54) is 0 Å². The highest BCUT2D eigenvalue weighted by molar-refractivity contribution is 5.63. The quantitative estimate of drug-likeness (QED) is 0.924. The van der Waals surface area contributed by atoms with Crippen LogP contribution in [0.15, 0.2) is 28.8 Å². The molecule has 2 fully saturated rings. The predicted molar refractivity (Wildman–Crippen MR) is 75.2 cm³/mol. The lowest BCUT2D eigenvalue weighted by atomic mass is 10.0. The predicted octanol–water partition coefficient (Wildman–Crippen LogP) is 1.59. The van der Waals surface area contributed by atoms with Crippen molar-refractivity contribution in [3.05, 3.63) is 30.2 Å². The average Bonchev–Trinajstić information content (AvgIpc) is 3.12. The molecule has 2 aliphatic rings. The van der Waals surface area contributed by atoms with E-state index in [0.717, 1.165) is 30.8 Å². The van der Waals surface area contributed by atoms with E-state index in [2.05, 4.69) is 15.5 Å². The molecule has 2 bridgehead atoms. The van der Waals surface area contributed by atoms with Crippen LogP contribution in [0.5, 0.6) is 5.75 Å². The Balaban J connectivity index is 1.64. The fourth-order valence-electron chi connectivity index (χ4n) is 3.13. The fourth-order valence-corrected chi connectivity index (χ4v) is 3.13. The Hall–Kier alpha value is -1.92.